The second kappa shape index (κ2) is 6.93. The molecular weight excluding hydrogens is 314 g/mol. The molecule has 0 saturated carbocycles. The fourth-order valence-corrected chi connectivity index (χ4v) is 3.89. The summed E-state index contributed by atoms with van der Waals surface area (Å²) in [6, 6.07) is 12.9. The van der Waals surface area contributed by atoms with Crippen LogP contribution in [-0.2, 0) is 14.8 Å². The van der Waals surface area contributed by atoms with Crippen LogP contribution >= 0.6 is 0 Å². The minimum atomic E-state index is -3.81. The molecule has 0 aliphatic heterocycles. The van der Waals surface area contributed by atoms with Gasteiger partial charge in [0.25, 0.3) is 0 Å². The van der Waals surface area contributed by atoms with Crippen molar-refractivity contribution in [3.63, 3.8) is 0 Å². The molecule has 0 aromatic heterocycles. The Morgan fingerprint density at radius 3 is 2.35 bits per heavy atom. The molecule has 2 rings (SSSR count). The van der Waals surface area contributed by atoms with Crippen molar-refractivity contribution < 1.29 is 18.3 Å². The summed E-state index contributed by atoms with van der Waals surface area (Å²) >= 11 is 0. The molecule has 5 nitrogen and oxygen atoms in total. The predicted octanol–water partition coefficient (Wildman–Crippen LogP) is 2.80. The Balaban J connectivity index is 2.36. The Morgan fingerprint density at radius 2 is 1.78 bits per heavy atom. The predicted molar refractivity (Wildman–Crippen MR) is 87.7 cm³/mol. The van der Waals surface area contributed by atoms with E-state index in [1.807, 2.05) is 6.92 Å². The van der Waals surface area contributed by atoms with E-state index in [-0.39, 0.29) is 11.3 Å². The summed E-state index contributed by atoms with van der Waals surface area (Å²) in [6.45, 7) is 3.60. The first kappa shape index (κ1) is 17.2. The first-order valence-corrected chi connectivity index (χ1v) is 8.64. The summed E-state index contributed by atoms with van der Waals surface area (Å²) < 4.78 is 27.8. The first-order chi connectivity index (χ1) is 10.8. The van der Waals surface area contributed by atoms with Gasteiger partial charge in [-0.15, -0.1) is 0 Å². The summed E-state index contributed by atoms with van der Waals surface area (Å²) in [7, 11) is -3.81. The average Bonchev–Trinajstić information content (AvgIpc) is 2.46. The molecule has 0 aliphatic carbocycles. The van der Waals surface area contributed by atoms with E-state index in [1.165, 1.54) is 6.07 Å². The van der Waals surface area contributed by atoms with Gasteiger partial charge in [-0.05, 0) is 31.0 Å². The molecular formula is C17H19NO4S. The molecule has 0 bridgehead atoms. The van der Waals surface area contributed by atoms with Gasteiger partial charge in [-0.1, -0.05) is 48.0 Å². The van der Waals surface area contributed by atoms with Crippen LogP contribution in [-0.4, -0.2) is 19.5 Å². The number of aryl methyl sites for hydroxylation is 2. The topological polar surface area (TPSA) is 83.5 Å². The monoisotopic (exact) mass is 333 g/mol. The third-order valence-electron chi connectivity index (χ3n) is 3.50. The van der Waals surface area contributed by atoms with E-state index in [0.717, 1.165) is 5.56 Å². The Bertz CT molecular complexity index is 801. The highest BCUT2D eigenvalue weighted by atomic mass is 32.2. The van der Waals surface area contributed by atoms with Crippen LogP contribution in [0.4, 0.5) is 0 Å². The SMILES string of the molecule is Cc1ccc(S(=O)(=O)N[C@@H](CC(=O)O)c2ccccc2)c(C)c1. The van der Waals surface area contributed by atoms with E-state index in [2.05, 4.69) is 4.72 Å². The zero-order chi connectivity index (χ0) is 17.0. The standard InChI is InChI=1S/C17H19NO4S/c1-12-8-9-16(13(2)10-12)23(21,22)18-15(11-17(19)20)14-6-4-3-5-7-14/h3-10,15,18H,11H2,1-2H3,(H,19,20)/t15-/m0/s1. The number of carboxylic acids is 1. The normalized spacial score (nSPS) is 12.8. The average molecular weight is 333 g/mol. The number of hydrogen-bond acceptors (Lipinski definition) is 3. The van der Waals surface area contributed by atoms with Crippen LogP contribution in [0.5, 0.6) is 0 Å². The maximum absolute atomic E-state index is 12.6. The maximum atomic E-state index is 12.6. The van der Waals surface area contributed by atoms with Crippen molar-refractivity contribution in [3.8, 4) is 0 Å². The van der Waals surface area contributed by atoms with Gasteiger partial charge in [-0.25, -0.2) is 13.1 Å². The first-order valence-electron chi connectivity index (χ1n) is 7.16. The third kappa shape index (κ3) is 4.40. The molecule has 23 heavy (non-hydrogen) atoms. The number of sulfonamides is 1. The highest BCUT2D eigenvalue weighted by Gasteiger charge is 2.24. The number of carboxylic acid groups (broad SMARTS) is 1. The van der Waals surface area contributed by atoms with Gasteiger partial charge in [0.2, 0.25) is 10.0 Å². The van der Waals surface area contributed by atoms with E-state index in [1.54, 1.807) is 49.4 Å². The fraction of sp³-hybridized carbons (Fsp3) is 0.235. The van der Waals surface area contributed by atoms with Crippen LogP contribution in [0.2, 0.25) is 0 Å². The highest BCUT2D eigenvalue weighted by Crippen LogP contribution is 2.22. The molecule has 2 aromatic rings. The van der Waals surface area contributed by atoms with Crippen molar-refractivity contribution in [1.82, 2.24) is 4.72 Å². The summed E-state index contributed by atoms with van der Waals surface area (Å²) in [4.78, 5) is 11.2. The summed E-state index contributed by atoms with van der Waals surface area (Å²) in [6.07, 6.45) is -0.325. The molecule has 6 heteroatoms. The molecule has 0 heterocycles. The van der Waals surface area contributed by atoms with E-state index >= 15 is 0 Å². The minimum Gasteiger partial charge on any atom is -0.481 e. The van der Waals surface area contributed by atoms with Crippen molar-refractivity contribution in [2.24, 2.45) is 0 Å². The van der Waals surface area contributed by atoms with E-state index in [0.29, 0.717) is 11.1 Å². The molecule has 122 valence electrons. The Morgan fingerprint density at radius 1 is 1.13 bits per heavy atom. The van der Waals surface area contributed by atoms with Gasteiger partial charge in [0, 0.05) is 0 Å². The maximum Gasteiger partial charge on any atom is 0.305 e. The highest BCUT2D eigenvalue weighted by molar-refractivity contribution is 7.89. The second-order valence-corrected chi connectivity index (χ2v) is 7.13. The van der Waals surface area contributed by atoms with Crippen LogP contribution in [0.1, 0.15) is 29.2 Å². The number of nitrogens with one attached hydrogen (secondary N) is 1. The number of benzene rings is 2. The molecule has 1 atom stereocenters. The van der Waals surface area contributed by atoms with Crippen molar-refractivity contribution in [2.45, 2.75) is 31.2 Å². The molecule has 0 amide bonds. The summed E-state index contributed by atoms with van der Waals surface area (Å²) in [5, 5.41) is 9.07. The second-order valence-electron chi connectivity index (χ2n) is 5.45. The van der Waals surface area contributed by atoms with Crippen molar-refractivity contribution in [1.29, 1.82) is 0 Å². The Hall–Kier alpha value is -2.18. The van der Waals surface area contributed by atoms with Gasteiger partial charge in [0.05, 0.1) is 17.4 Å². The zero-order valence-electron chi connectivity index (χ0n) is 13.0. The van der Waals surface area contributed by atoms with Gasteiger partial charge >= 0.3 is 5.97 Å². The smallest absolute Gasteiger partial charge is 0.305 e. The quantitative estimate of drug-likeness (QED) is 0.851. The van der Waals surface area contributed by atoms with Gasteiger partial charge in [0.15, 0.2) is 0 Å². The number of aliphatic carboxylic acids is 1. The molecule has 0 aliphatic rings. The largest absolute Gasteiger partial charge is 0.481 e. The molecule has 2 N–H and O–H groups in total. The van der Waals surface area contributed by atoms with E-state index < -0.39 is 22.0 Å². The van der Waals surface area contributed by atoms with Crippen molar-refractivity contribution in [3.05, 3.63) is 65.2 Å². The van der Waals surface area contributed by atoms with Gasteiger partial charge in [-0.2, -0.15) is 0 Å². The lowest BCUT2D eigenvalue weighted by Crippen LogP contribution is -2.30. The lowest BCUT2D eigenvalue weighted by molar-refractivity contribution is -0.137. The number of rotatable bonds is 6. The molecule has 2 aromatic carbocycles. The lowest BCUT2D eigenvalue weighted by Gasteiger charge is -2.18. The van der Waals surface area contributed by atoms with Crippen LogP contribution in [0.15, 0.2) is 53.4 Å². The lowest BCUT2D eigenvalue weighted by atomic mass is 10.1. The number of hydrogen-bond donors (Lipinski definition) is 2. The van der Waals surface area contributed by atoms with Gasteiger partial charge < -0.3 is 5.11 Å². The van der Waals surface area contributed by atoms with Crippen LogP contribution in [0.3, 0.4) is 0 Å². The summed E-state index contributed by atoms with van der Waals surface area (Å²) in [5.74, 6) is -1.07. The molecule has 0 saturated heterocycles. The molecule has 0 unspecified atom stereocenters. The van der Waals surface area contributed by atoms with E-state index in [4.69, 9.17) is 5.11 Å². The molecule has 0 radical (unpaired) electrons. The van der Waals surface area contributed by atoms with Crippen LogP contribution < -0.4 is 4.72 Å². The number of carbonyl (C=O) groups is 1. The van der Waals surface area contributed by atoms with Crippen LogP contribution in [0.25, 0.3) is 0 Å². The summed E-state index contributed by atoms with van der Waals surface area (Å²) in [5.41, 5.74) is 2.20. The van der Waals surface area contributed by atoms with Crippen molar-refractivity contribution >= 4 is 16.0 Å². The van der Waals surface area contributed by atoms with Gasteiger partial charge in [-0.3, -0.25) is 4.79 Å². The van der Waals surface area contributed by atoms with Crippen molar-refractivity contribution in [2.75, 3.05) is 0 Å². The molecule has 0 spiro atoms. The van der Waals surface area contributed by atoms with E-state index in [9.17, 15) is 13.2 Å². The van der Waals surface area contributed by atoms with Crippen LogP contribution in [0, 0.1) is 13.8 Å². The zero-order valence-corrected chi connectivity index (χ0v) is 13.8. The Kier molecular flexibility index (Phi) is 5.18. The third-order valence-corrected chi connectivity index (χ3v) is 5.13. The Labute approximate surface area is 136 Å². The van der Waals surface area contributed by atoms with Gasteiger partial charge in [0.1, 0.15) is 0 Å². The molecule has 0 fully saturated rings. The minimum absolute atomic E-state index is 0.161. The fourth-order valence-electron chi connectivity index (χ4n) is 2.44.